The van der Waals surface area contributed by atoms with Crippen molar-refractivity contribution in [2.45, 2.75) is 13.8 Å². The van der Waals surface area contributed by atoms with E-state index in [4.69, 9.17) is 14.2 Å². The molecule has 0 saturated carbocycles. The maximum Gasteiger partial charge on any atom is 0.343 e. The first-order valence-corrected chi connectivity index (χ1v) is 12.8. The molecule has 1 aliphatic heterocycles. The summed E-state index contributed by atoms with van der Waals surface area (Å²) in [6.45, 7) is 3.77. The number of thioether (sulfide) groups is 1. The summed E-state index contributed by atoms with van der Waals surface area (Å²) >= 11 is 4.15. The van der Waals surface area contributed by atoms with Gasteiger partial charge < -0.3 is 24.3 Å². The molecule has 2 aromatic rings. The number of halogens is 1. The maximum atomic E-state index is 12.9. The Labute approximate surface area is 226 Å². The highest BCUT2D eigenvalue weighted by molar-refractivity contribution is 9.10. The SMILES string of the molecule is CCOc1ccc(NC(=O)CN2C(=O)S/C(=C/c3cc(OCC)c(OCC(=O)OC)cc3Br)C2=O)cc1. The third kappa shape index (κ3) is 7.49. The first kappa shape index (κ1) is 28.1. The van der Waals surface area contributed by atoms with Crippen LogP contribution in [0.2, 0.25) is 0 Å². The number of esters is 1. The van der Waals surface area contributed by atoms with Gasteiger partial charge in [0, 0.05) is 10.2 Å². The molecule has 0 aliphatic carbocycles. The first-order valence-electron chi connectivity index (χ1n) is 11.2. The molecule has 0 spiro atoms. The molecule has 12 heteroatoms. The van der Waals surface area contributed by atoms with Crippen molar-refractivity contribution in [3.8, 4) is 17.2 Å². The van der Waals surface area contributed by atoms with Crippen molar-refractivity contribution in [2.75, 3.05) is 38.8 Å². The number of benzene rings is 2. The van der Waals surface area contributed by atoms with Crippen LogP contribution in [-0.2, 0) is 19.1 Å². The van der Waals surface area contributed by atoms with Crippen LogP contribution >= 0.6 is 27.7 Å². The average molecular weight is 593 g/mol. The predicted molar refractivity (Wildman–Crippen MR) is 142 cm³/mol. The van der Waals surface area contributed by atoms with Gasteiger partial charge >= 0.3 is 5.97 Å². The standard InChI is InChI=1S/C25H25BrN2O8S/c1-4-34-17-8-6-16(7-9-17)27-22(29)13-28-24(31)21(37-25(28)32)11-15-10-19(35-5-2)20(12-18(15)26)36-14-23(30)33-3/h6-12H,4-5,13-14H2,1-3H3,(H,27,29)/b21-11+. The van der Waals surface area contributed by atoms with Crippen molar-refractivity contribution in [1.29, 1.82) is 0 Å². The van der Waals surface area contributed by atoms with E-state index in [9.17, 15) is 19.2 Å². The minimum atomic E-state index is -0.590. The van der Waals surface area contributed by atoms with Crippen molar-refractivity contribution in [1.82, 2.24) is 4.90 Å². The Morgan fingerprint density at radius 1 is 1.03 bits per heavy atom. The van der Waals surface area contributed by atoms with E-state index in [1.807, 2.05) is 6.92 Å². The molecule has 0 bridgehead atoms. The fourth-order valence-corrected chi connectivity index (χ4v) is 4.43. The van der Waals surface area contributed by atoms with Crippen LogP contribution in [0, 0.1) is 0 Å². The molecule has 10 nitrogen and oxygen atoms in total. The van der Waals surface area contributed by atoms with E-state index in [1.165, 1.54) is 13.2 Å². The van der Waals surface area contributed by atoms with Crippen LogP contribution in [-0.4, -0.2) is 61.4 Å². The summed E-state index contributed by atoms with van der Waals surface area (Å²) in [5.74, 6) is -0.348. The molecule has 0 atom stereocenters. The van der Waals surface area contributed by atoms with Crippen LogP contribution in [0.5, 0.6) is 17.2 Å². The number of nitrogens with one attached hydrogen (secondary N) is 1. The van der Waals surface area contributed by atoms with Gasteiger partial charge in [0.1, 0.15) is 12.3 Å². The largest absolute Gasteiger partial charge is 0.494 e. The van der Waals surface area contributed by atoms with E-state index >= 15 is 0 Å². The molecule has 1 N–H and O–H groups in total. The van der Waals surface area contributed by atoms with Crippen molar-refractivity contribution < 1.29 is 38.1 Å². The molecule has 2 aromatic carbocycles. The third-order valence-corrected chi connectivity index (χ3v) is 6.44. The molecule has 196 valence electrons. The number of anilines is 1. The van der Waals surface area contributed by atoms with E-state index in [-0.39, 0.29) is 11.5 Å². The number of methoxy groups -OCH3 is 1. The number of rotatable bonds is 11. The van der Waals surface area contributed by atoms with E-state index < -0.39 is 29.6 Å². The average Bonchev–Trinajstić information content (AvgIpc) is 3.13. The molecule has 3 rings (SSSR count). The second-order valence-electron chi connectivity index (χ2n) is 7.39. The van der Waals surface area contributed by atoms with Gasteiger partial charge in [-0.15, -0.1) is 0 Å². The molecule has 1 saturated heterocycles. The summed E-state index contributed by atoms with van der Waals surface area (Å²) in [6.07, 6.45) is 1.52. The fraction of sp³-hybridized carbons (Fsp3) is 0.280. The van der Waals surface area contributed by atoms with E-state index in [2.05, 4.69) is 26.0 Å². The van der Waals surface area contributed by atoms with Gasteiger partial charge in [-0.3, -0.25) is 19.3 Å². The Kier molecular flexibility index (Phi) is 9.98. The number of amides is 3. The monoisotopic (exact) mass is 592 g/mol. The molecular weight excluding hydrogens is 568 g/mol. The van der Waals surface area contributed by atoms with Crippen molar-refractivity contribution in [3.63, 3.8) is 0 Å². The number of ether oxygens (including phenoxy) is 4. The Morgan fingerprint density at radius 3 is 2.35 bits per heavy atom. The van der Waals surface area contributed by atoms with E-state index in [0.717, 1.165) is 16.7 Å². The summed E-state index contributed by atoms with van der Waals surface area (Å²) in [5, 5.41) is 2.11. The predicted octanol–water partition coefficient (Wildman–Crippen LogP) is 4.47. The zero-order valence-corrected chi connectivity index (χ0v) is 22.8. The normalized spacial score (nSPS) is 14.1. The van der Waals surface area contributed by atoms with Gasteiger partial charge in [-0.25, -0.2) is 4.79 Å². The number of carbonyl (C=O) groups excluding carboxylic acids is 4. The van der Waals surface area contributed by atoms with Crippen LogP contribution in [0.4, 0.5) is 10.5 Å². The maximum absolute atomic E-state index is 12.9. The molecule has 1 aliphatic rings. The Morgan fingerprint density at radius 2 is 1.70 bits per heavy atom. The van der Waals surface area contributed by atoms with Crippen LogP contribution in [0.3, 0.4) is 0 Å². The summed E-state index contributed by atoms with van der Waals surface area (Å²) in [7, 11) is 1.25. The second-order valence-corrected chi connectivity index (χ2v) is 9.24. The van der Waals surface area contributed by atoms with Gasteiger partial charge in [-0.1, -0.05) is 15.9 Å². The number of hydrogen-bond acceptors (Lipinski definition) is 9. The topological polar surface area (TPSA) is 120 Å². The molecule has 1 fully saturated rings. The minimum absolute atomic E-state index is 0.144. The summed E-state index contributed by atoms with van der Waals surface area (Å²) in [5.41, 5.74) is 1.05. The number of imide groups is 1. The number of nitrogens with zero attached hydrogens (tertiary/aromatic N) is 1. The molecule has 0 unspecified atom stereocenters. The van der Waals surface area contributed by atoms with Crippen molar-refractivity contribution >= 4 is 62.5 Å². The summed E-state index contributed by atoms with van der Waals surface area (Å²) in [6, 6.07) is 9.97. The van der Waals surface area contributed by atoms with Crippen molar-refractivity contribution in [2.24, 2.45) is 0 Å². The van der Waals surface area contributed by atoms with Gasteiger partial charge in [-0.05, 0) is 73.6 Å². The Hall–Kier alpha value is -3.51. The van der Waals surface area contributed by atoms with Gasteiger partial charge in [0.15, 0.2) is 18.1 Å². The minimum Gasteiger partial charge on any atom is -0.494 e. The van der Waals surface area contributed by atoms with E-state index in [1.54, 1.807) is 43.3 Å². The van der Waals surface area contributed by atoms with Crippen LogP contribution < -0.4 is 19.5 Å². The molecule has 37 heavy (non-hydrogen) atoms. The third-order valence-electron chi connectivity index (χ3n) is 4.85. The second kappa shape index (κ2) is 13.2. The van der Waals surface area contributed by atoms with Crippen LogP contribution in [0.25, 0.3) is 6.08 Å². The van der Waals surface area contributed by atoms with Crippen LogP contribution in [0.15, 0.2) is 45.8 Å². The summed E-state index contributed by atoms with van der Waals surface area (Å²) < 4.78 is 21.6. The lowest BCUT2D eigenvalue weighted by molar-refractivity contribution is -0.143. The first-order chi connectivity index (χ1) is 17.7. The number of carbonyl (C=O) groups is 4. The highest BCUT2D eigenvalue weighted by atomic mass is 79.9. The lowest BCUT2D eigenvalue weighted by atomic mass is 10.1. The smallest absolute Gasteiger partial charge is 0.343 e. The van der Waals surface area contributed by atoms with Gasteiger partial charge in [0.2, 0.25) is 5.91 Å². The zero-order chi connectivity index (χ0) is 26.9. The molecule has 0 aromatic heterocycles. The van der Waals surface area contributed by atoms with Crippen LogP contribution in [0.1, 0.15) is 19.4 Å². The molecule has 0 radical (unpaired) electrons. The quantitative estimate of drug-likeness (QED) is 0.297. The van der Waals surface area contributed by atoms with E-state index in [0.29, 0.717) is 46.2 Å². The molecule has 1 heterocycles. The zero-order valence-electron chi connectivity index (χ0n) is 20.4. The summed E-state index contributed by atoms with van der Waals surface area (Å²) in [4.78, 5) is 50.4. The highest BCUT2D eigenvalue weighted by Crippen LogP contribution is 2.38. The lowest BCUT2D eigenvalue weighted by Crippen LogP contribution is -2.36. The number of hydrogen-bond donors (Lipinski definition) is 1. The van der Waals surface area contributed by atoms with Crippen molar-refractivity contribution in [3.05, 3.63) is 51.3 Å². The Balaban J connectivity index is 1.72. The highest BCUT2D eigenvalue weighted by Gasteiger charge is 2.36. The molecule has 3 amide bonds. The fourth-order valence-electron chi connectivity index (χ4n) is 3.16. The van der Waals surface area contributed by atoms with Gasteiger partial charge in [-0.2, -0.15) is 0 Å². The van der Waals surface area contributed by atoms with Gasteiger partial charge in [0.05, 0.1) is 25.2 Å². The molecular formula is C25H25BrN2O8S. The van der Waals surface area contributed by atoms with Gasteiger partial charge in [0.25, 0.3) is 11.1 Å². The Bertz CT molecular complexity index is 1220. The lowest BCUT2D eigenvalue weighted by Gasteiger charge is -2.14.